The van der Waals surface area contributed by atoms with Gasteiger partial charge in [0.2, 0.25) is 0 Å². The molecular weight excluding hydrogens is 368 g/mol. The zero-order chi connectivity index (χ0) is 19.2. The van der Waals surface area contributed by atoms with Gasteiger partial charge >= 0.3 is 5.97 Å². The predicted molar refractivity (Wildman–Crippen MR) is 102 cm³/mol. The molecule has 0 bridgehead atoms. The zero-order valence-electron chi connectivity index (χ0n) is 15.4. The van der Waals surface area contributed by atoms with Gasteiger partial charge in [-0.3, -0.25) is 9.59 Å². The summed E-state index contributed by atoms with van der Waals surface area (Å²) in [5, 5.41) is 2.98. The van der Waals surface area contributed by atoms with Gasteiger partial charge in [0.15, 0.2) is 6.61 Å². The van der Waals surface area contributed by atoms with Crippen LogP contribution in [0.5, 0.6) is 5.75 Å². The van der Waals surface area contributed by atoms with Crippen molar-refractivity contribution in [1.29, 1.82) is 0 Å². The monoisotopic (exact) mass is 390 g/mol. The van der Waals surface area contributed by atoms with E-state index in [4.69, 9.17) is 14.2 Å². The van der Waals surface area contributed by atoms with Crippen molar-refractivity contribution >= 4 is 28.9 Å². The second-order valence-corrected chi connectivity index (χ2v) is 6.88. The van der Waals surface area contributed by atoms with E-state index in [1.165, 1.54) is 0 Å². The summed E-state index contributed by atoms with van der Waals surface area (Å²) in [6.45, 7) is 2.93. The van der Waals surface area contributed by atoms with Crippen molar-refractivity contribution in [2.24, 2.45) is 0 Å². The van der Waals surface area contributed by atoms with Crippen LogP contribution in [0.25, 0.3) is 11.3 Å². The first-order valence-corrected chi connectivity index (χ1v) is 9.67. The van der Waals surface area contributed by atoms with Crippen molar-refractivity contribution < 1.29 is 23.8 Å². The molecule has 2 heterocycles. The fraction of sp³-hybridized carbons (Fsp3) is 0.421. The van der Waals surface area contributed by atoms with Crippen LogP contribution in [0.2, 0.25) is 0 Å². The topological polar surface area (TPSA) is 78.0 Å². The van der Waals surface area contributed by atoms with E-state index >= 15 is 0 Å². The van der Waals surface area contributed by atoms with Gasteiger partial charge in [-0.1, -0.05) is 0 Å². The van der Waals surface area contributed by atoms with Crippen LogP contribution < -0.4 is 9.64 Å². The number of hydrogen-bond donors (Lipinski definition) is 0. The number of nitrogens with zero attached hydrogens (tertiary/aromatic N) is 2. The fourth-order valence-electron chi connectivity index (χ4n) is 2.79. The summed E-state index contributed by atoms with van der Waals surface area (Å²) in [4.78, 5) is 30.2. The summed E-state index contributed by atoms with van der Waals surface area (Å²) in [6, 6.07) is 5.64. The molecule has 0 radical (unpaired) electrons. The molecule has 0 N–H and O–H groups in total. The average Bonchev–Trinajstić information content (AvgIpc) is 3.14. The van der Waals surface area contributed by atoms with Crippen LogP contribution >= 0.6 is 11.3 Å². The minimum absolute atomic E-state index is 0.0347. The van der Waals surface area contributed by atoms with E-state index in [2.05, 4.69) is 4.98 Å². The van der Waals surface area contributed by atoms with E-state index in [9.17, 15) is 9.59 Å². The Labute approximate surface area is 161 Å². The minimum Gasteiger partial charge on any atom is -0.482 e. The SMILES string of the molecule is CCOC(=O)CCN1C(=O)COc2ccc(-c3csc(CCOC)n3)cc21. The Bertz CT molecular complexity index is 820. The van der Waals surface area contributed by atoms with Gasteiger partial charge in [-0.25, -0.2) is 4.98 Å². The second-order valence-electron chi connectivity index (χ2n) is 5.94. The van der Waals surface area contributed by atoms with Crippen LogP contribution in [-0.4, -0.2) is 50.3 Å². The van der Waals surface area contributed by atoms with Gasteiger partial charge in [0.25, 0.3) is 5.91 Å². The molecular formula is C19H22N2O5S. The highest BCUT2D eigenvalue weighted by molar-refractivity contribution is 7.09. The third kappa shape index (κ3) is 4.64. The molecule has 0 aliphatic carbocycles. The lowest BCUT2D eigenvalue weighted by molar-refractivity contribution is -0.142. The average molecular weight is 390 g/mol. The Hall–Kier alpha value is -2.45. The molecule has 2 aromatic rings. The van der Waals surface area contributed by atoms with Crippen molar-refractivity contribution in [3.8, 4) is 17.0 Å². The van der Waals surface area contributed by atoms with Crippen molar-refractivity contribution in [3.63, 3.8) is 0 Å². The molecule has 1 amide bonds. The molecule has 1 aliphatic heterocycles. The van der Waals surface area contributed by atoms with Crippen molar-refractivity contribution in [2.45, 2.75) is 19.8 Å². The molecule has 1 aromatic heterocycles. The number of aromatic nitrogens is 1. The zero-order valence-corrected chi connectivity index (χ0v) is 16.2. The maximum atomic E-state index is 12.3. The lowest BCUT2D eigenvalue weighted by Gasteiger charge is -2.29. The van der Waals surface area contributed by atoms with E-state index in [-0.39, 0.29) is 31.4 Å². The number of fused-ring (bicyclic) bond motifs is 1. The Morgan fingerprint density at radius 1 is 1.41 bits per heavy atom. The van der Waals surface area contributed by atoms with Gasteiger partial charge < -0.3 is 19.1 Å². The molecule has 0 atom stereocenters. The van der Waals surface area contributed by atoms with E-state index in [1.807, 2.05) is 23.6 Å². The number of anilines is 1. The summed E-state index contributed by atoms with van der Waals surface area (Å²) in [7, 11) is 1.67. The maximum Gasteiger partial charge on any atom is 0.307 e. The third-order valence-electron chi connectivity index (χ3n) is 4.11. The Kier molecular flexibility index (Phi) is 6.41. The van der Waals surface area contributed by atoms with E-state index in [1.54, 1.807) is 30.3 Å². The number of hydrogen-bond acceptors (Lipinski definition) is 7. The van der Waals surface area contributed by atoms with Crippen LogP contribution in [0.15, 0.2) is 23.6 Å². The van der Waals surface area contributed by atoms with Gasteiger partial charge in [-0.15, -0.1) is 11.3 Å². The smallest absolute Gasteiger partial charge is 0.307 e. The van der Waals surface area contributed by atoms with Gasteiger partial charge in [0, 0.05) is 31.0 Å². The van der Waals surface area contributed by atoms with Gasteiger partial charge in [-0.2, -0.15) is 0 Å². The van der Waals surface area contributed by atoms with Crippen molar-refractivity contribution in [2.75, 3.05) is 38.4 Å². The highest BCUT2D eigenvalue weighted by atomic mass is 32.1. The standard InChI is InChI=1S/C19H22N2O5S/c1-3-25-19(23)6-8-21-15-10-13(4-5-16(15)26-11-18(21)22)14-12-27-17(20-14)7-9-24-2/h4-5,10,12H,3,6-9,11H2,1-2H3. The minimum atomic E-state index is -0.322. The first-order chi connectivity index (χ1) is 13.1. The number of rotatable bonds is 8. The maximum absolute atomic E-state index is 12.3. The van der Waals surface area contributed by atoms with Gasteiger partial charge in [0.1, 0.15) is 5.75 Å². The highest BCUT2D eigenvalue weighted by Crippen LogP contribution is 2.36. The molecule has 0 saturated carbocycles. The lowest BCUT2D eigenvalue weighted by atomic mass is 10.1. The number of esters is 1. The summed E-state index contributed by atoms with van der Waals surface area (Å²) >= 11 is 1.58. The van der Waals surface area contributed by atoms with Gasteiger partial charge in [0.05, 0.1) is 36.0 Å². The fourth-order valence-corrected chi connectivity index (χ4v) is 3.58. The summed E-state index contributed by atoms with van der Waals surface area (Å²) in [5.41, 5.74) is 2.39. The molecule has 7 nitrogen and oxygen atoms in total. The first-order valence-electron chi connectivity index (χ1n) is 8.79. The Morgan fingerprint density at radius 3 is 3.04 bits per heavy atom. The summed E-state index contributed by atoms with van der Waals surface area (Å²) < 4.78 is 15.6. The quantitative estimate of drug-likeness (QED) is 0.645. The molecule has 8 heteroatoms. The van der Waals surface area contributed by atoms with Crippen LogP contribution in [-0.2, 0) is 25.5 Å². The molecule has 0 spiro atoms. The molecule has 1 aliphatic rings. The molecule has 0 unspecified atom stereocenters. The summed E-state index contributed by atoms with van der Waals surface area (Å²) in [6.07, 6.45) is 0.903. The third-order valence-corrected chi connectivity index (χ3v) is 5.02. The predicted octanol–water partition coefficient (Wildman–Crippen LogP) is 2.68. The van der Waals surface area contributed by atoms with E-state index in [0.29, 0.717) is 24.7 Å². The lowest BCUT2D eigenvalue weighted by Crippen LogP contribution is -2.40. The molecule has 144 valence electrons. The second kappa shape index (κ2) is 8.96. The van der Waals surface area contributed by atoms with E-state index in [0.717, 1.165) is 22.7 Å². The van der Waals surface area contributed by atoms with Crippen LogP contribution in [0.3, 0.4) is 0 Å². The number of amides is 1. The number of ether oxygens (including phenoxy) is 3. The van der Waals surface area contributed by atoms with Crippen LogP contribution in [0.1, 0.15) is 18.4 Å². The largest absolute Gasteiger partial charge is 0.482 e. The number of thiazole rings is 1. The normalized spacial score (nSPS) is 13.3. The van der Waals surface area contributed by atoms with Gasteiger partial charge in [-0.05, 0) is 25.1 Å². The van der Waals surface area contributed by atoms with Crippen molar-refractivity contribution in [1.82, 2.24) is 4.98 Å². The number of methoxy groups -OCH3 is 1. The molecule has 27 heavy (non-hydrogen) atoms. The molecule has 0 saturated heterocycles. The molecule has 0 fully saturated rings. The Morgan fingerprint density at radius 2 is 2.26 bits per heavy atom. The number of carbonyl (C=O) groups excluding carboxylic acids is 2. The van der Waals surface area contributed by atoms with E-state index < -0.39 is 0 Å². The Balaban J connectivity index is 1.81. The first kappa shape index (κ1) is 19.3. The molecule has 3 rings (SSSR count). The number of carbonyl (C=O) groups is 2. The summed E-state index contributed by atoms with van der Waals surface area (Å²) in [5.74, 6) is 0.122. The van der Waals surface area contributed by atoms with Crippen molar-refractivity contribution in [3.05, 3.63) is 28.6 Å². The highest BCUT2D eigenvalue weighted by Gasteiger charge is 2.26. The van der Waals surface area contributed by atoms with Crippen LogP contribution in [0, 0.1) is 0 Å². The number of benzene rings is 1. The van der Waals surface area contributed by atoms with Crippen LogP contribution in [0.4, 0.5) is 5.69 Å². The molecule has 1 aromatic carbocycles.